The molecule has 0 aliphatic heterocycles. The number of benzene rings is 4. The van der Waals surface area contributed by atoms with E-state index in [-0.39, 0.29) is 0 Å². The first-order chi connectivity index (χ1) is 12.7. The third-order valence-corrected chi connectivity index (χ3v) is 5.05. The molecule has 0 unspecified atom stereocenters. The van der Waals surface area contributed by atoms with Crippen LogP contribution in [0.4, 0.5) is 5.69 Å². The van der Waals surface area contributed by atoms with Crippen molar-refractivity contribution in [3.63, 3.8) is 0 Å². The molecule has 0 radical (unpaired) electrons. The molecule has 0 atom stereocenters. The molecule has 1 heterocycles. The van der Waals surface area contributed by atoms with Crippen molar-refractivity contribution in [2.45, 2.75) is 0 Å². The number of nitrogens with zero attached hydrogens (tertiary/aromatic N) is 1. The van der Waals surface area contributed by atoms with Crippen LogP contribution in [0, 0.1) is 0 Å². The summed E-state index contributed by atoms with van der Waals surface area (Å²) in [7, 11) is 4.17. The molecule has 126 valence electrons. The zero-order chi connectivity index (χ0) is 17.7. The second-order valence-corrected chi connectivity index (χ2v) is 6.88. The van der Waals surface area contributed by atoms with Gasteiger partial charge in [-0.3, -0.25) is 0 Å². The molecule has 0 saturated carbocycles. The lowest BCUT2D eigenvalue weighted by molar-refractivity contribution is 0.669. The summed E-state index contributed by atoms with van der Waals surface area (Å²) in [4.78, 5) is 2.16. The van der Waals surface area contributed by atoms with Crippen LogP contribution in [-0.4, -0.2) is 14.1 Å². The Morgan fingerprint density at radius 3 is 2.38 bits per heavy atom. The Morgan fingerprint density at radius 1 is 0.692 bits per heavy atom. The number of rotatable bonds is 2. The molecule has 2 nitrogen and oxygen atoms in total. The molecule has 0 amide bonds. The van der Waals surface area contributed by atoms with Crippen molar-refractivity contribution < 1.29 is 4.42 Å². The van der Waals surface area contributed by atoms with E-state index in [9.17, 15) is 0 Å². The van der Waals surface area contributed by atoms with Gasteiger partial charge in [0.25, 0.3) is 0 Å². The Labute approximate surface area is 152 Å². The lowest BCUT2D eigenvalue weighted by Gasteiger charge is -2.17. The van der Waals surface area contributed by atoms with Crippen molar-refractivity contribution in [3.05, 3.63) is 78.9 Å². The monoisotopic (exact) mass is 337 g/mol. The average molecular weight is 337 g/mol. The first-order valence-corrected chi connectivity index (χ1v) is 8.83. The Kier molecular flexibility index (Phi) is 3.26. The number of anilines is 1. The molecule has 0 fully saturated rings. The molecule has 0 aliphatic carbocycles. The van der Waals surface area contributed by atoms with Crippen LogP contribution < -0.4 is 4.90 Å². The van der Waals surface area contributed by atoms with Gasteiger partial charge >= 0.3 is 0 Å². The molecule has 0 saturated heterocycles. The summed E-state index contributed by atoms with van der Waals surface area (Å²) in [5.74, 6) is 0. The highest BCUT2D eigenvalue weighted by molar-refractivity contribution is 6.19. The first-order valence-electron chi connectivity index (χ1n) is 8.83. The van der Waals surface area contributed by atoms with Crippen molar-refractivity contribution in [2.24, 2.45) is 0 Å². The van der Waals surface area contributed by atoms with Crippen molar-refractivity contribution in [2.75, 3.05) is 19.0 Å². The van der Waals surface area contributed by atoms with Crippen LogP contribution in [0.25, 0.3) is 43.8 Å². The van der Waals surface area contributed by atoms with Crippen LogP contribution in [0.1, 0.15) is 0 Å². The van der Waals surface area contributed by atoms with Gasteiger partial charge in [0, 0.05) is 36.1 Å². The van der Waals surface area contributed by atoms with Gasteiger partial charge in [0.2, 0.25) is 0 Å². The van der Waals surface area contributed by atoms with Gasteiger partial charge in [-0.2, -0.15) is 0 Å². The number of hydrogen-bond acceptors (Lipinski definition) is 2. The predicted octanol–water partition coefficient (Wildman–Crippen LogP) is 6.47. The van der Waals surface area contributed by atoms with Gasteiger partial charge in [-0.1, -0.05) is 54.6 Å². The second-order valence-electron chi connectivity index (χ2n) is 6.88. The maximum absolute atomic E-state index is 6.02. The highest BCUT2D eigenvalue weighted by atomic mass is 16.3. The fourth-order valence-corrected chi connectivity index (χ4v) is 3.83. The molecule has 2 heteroatoms. The van der Waals surface area contributed by atoms with Crippen LogP contribution in [-0.2, 0) is 0 Å². The minimum absolute atomic E-state index is 0.942. The summed E-state index contributed by atoms with van der Waals surface area (Å²) in [5.41, 5.74) is 5.59. The van der Waals surface area contributed by atoms with Crippen molar-refractivity contribution in [1.82, 2.24) is 0 Å². The molecule has 0 N–H and O–H groups in total. The minimum Gasteiger partial charge on any atom is -0.456 e. The van der Waals surface area contributed by atoms with E-state index >= 15 is 0 Å². The van der Waals surface area contributed by atoms with E-state index in [0.29, 0.717) is 0 Å². The fraction of sp³-hybridized carbons (Fsp3) is 0.0833. The van der Waals surface area contributed by atoms with Gasteiger partial charge in [-0.15, -0.1) is 0 Å². The lowest BCUT2D eigenvalue weighted by atomic mass is 9.97. The fourth-order valence-electron chi connectivity index (χ4n) is 3.83. The van der Waals surface area contributed by atoms with E-state index in [1.54, 1.807) is 0 Å². The Balaban J connectivity index is 1.79. The Hall–Kier alpha value is -3.26. The molecule has 1 aromatic heterocycles. The highest BCUT2D eigenvalue weighted by Gasteiger charge is 2.12. The number of para-hydroxylation sites is 2. The molecule has 0 spiro atoms. The van der Waals surface area contributed by atoms with Crippen LogP contribution in [0.2, 0.25) is 0 Å². The van der Waals surface area contributed by atoms with Gasteiger partial charge in [-0.25, -0.2) is 0 Å². The summed E-state index contributed by atoms with van der Waals surface area (Å²) < 4.78 is 6.02. The first kappa shape index (κ1) is 15.0. The van der Waals surface area contributed by atoms with Crippen molar-refractivity contribution in [1.29, 1.82) is 0 Å². The standard InChI is InChI=1S/C24H19NO/c1-25(2)21-9-5-3-7-18(21)16-11-13-19-17(15-16)12-14-23-24(19)20-8-4-6-10-22(20)26-23/h3-15H,1-2H3. The van der Waals surface area contributed by atoms with Gasteiger partial charge < -0.3 is 9.32 Å². The molecule has 0 aliphatic rings. The number of hydrogen-bond donors (Lipinski definition) is 0. The molecule has 0 bridgehead atoms. The third-order valence-electron chi connectivity index (χ3n) is 5.05. The molecule has 26 heavy (non-hydrogen) atoms. The van der Waals surface area contributed by atoms with Crippen LogP contribution in [0.5, 0.6) is 0 Å². The number of furan rings is 1. The topological polar surface area (TPSA) is 16.4 Å². The van der Waals surface area contributed by atoms with Gasteiger partial charge in [0.05, 0.1) is 0 Å². The quantitative estimate of drug-likeness (QED) is 0.367. The Bertz CT molecular complexity index is 1260. The Morgan fingerprint density at radius 2 is 1.50 bits per heavy atom. The third kappa shape index (κ3) is 2.19. The molecule has 4 aromatic carbocycles. The van der Waals surface area contributed by atoms with Crippen molar-refractivity contribution >= 4 is 38.4 Å². The maximum Gasteiger partial charge on any atom is 0.136 e. The predicted molar refractivity (Wildman–Crippen MR) is 111 cm³/mol. The van der Waals surface area contributed by atoms with E-state index in [2.05, 4.69) is 85.7 Å². The van der Waals surface area contributed by atoms with E-state index in [4.69, 9.17) is 4.42 Å². The SMILES string of the molecule is CN(C)c1ccccc1-c1ccc2c(ccc3oc4ccccc4c32)c1. The van der Waals surface area contributed by atoms with E-state index < -0.39 is 0 Å². The molecule has 5 rings (SSSR count). The zero-order valence-corrected chi connectivity index (χ0v) is 14.9. The van der Waals surface area contributed by atoms with E-state index in [0.717, 1.165) is 11.2 Å². The molecular formula is C24H19NO. The van der Waals surface area contributed by atoms with Gasteiger partial charge in [-0.05, 0) is 40.6 Å². The largest absolute Gasteiger partial charge is 0.456 e. The van der Waals surface area contributed by atoms with Crippen LogP contribution >= 0.6 is 0 Å². The van der Waals surface area contributed by atoms with Crippen molar-refractivity contribution in [3.8, 4) is 11.1 Å². The summed E-state index contributed by atoms with van der Waals surface area (Å²) >= 11 is 0. The zero-order valence-electron chi connectivity index (χ0n) is 14.9. The van der Waals surface area contributed by atoms with Crippen LogP contribution in [0.15, 0.2) is 83.3 Å². The molecular weight excluding hydrogens is 318 g/mol. The lowest BCUT2D eigenvalue weighted by Crippen LogP contribution is -2.09. The summed E-state index contributed by atoms with van der Waals surface area (Å²) in [5, 5.41) is 4.84. The summed E-state index contributed by atoms with van der Waals surface area (Å²) in [6.07, 6.45) is 0. The second kappa shape index (κ2) is 5.63. The molecule has 5 aromatic rings. The summed E-state index contributed by atoms with van der Waals surface area (Å²) in [6.45, 7) is 0. The summed E-state index contributed by atoms with van der Waals surface area (Å²) in [6, 6.07) is 27.7. The van der Waals surface area contributed by atoms with Gasteiger partial charge in [0.15, 0.2) is 0 Å². The highest BCUT2D eigenvalue weighted by Crippen LogP contribution is 2.37. The van der Waals surface area contributed by atoms with E-state index in [1.165, 1.54) is 38.4 Å². The van der Waals surface area contributed by atoms with Gasteiger partial charge in [0.1, 0.15) is 11.2 Å². The average Bonchev–Trinajstić information content (AvgIpc) is 3.06. The van der Waals surface area contributed by atoms with E-state index in [1.807, 2.05) is 12.1 Å². The van der Waals surface area contributed by atoms with Crippen LogP contribution in [0.3, 0.4) is 0 Å². The smallest absolute Gasteiger partial charge is 0.136 e. The minimum atomic E-state index is 0.942. The number of fused-ring (bicyclic) bond motifs is 5. The normalized spacial score (nSPS) is 11.5. The maximum atomic E-state index is 6.02.